The first kappa shape index (κ1) is 49.8. The van der Waals surface area contributed by atoms with Crippen molar-refractivity contribution in [2.24, 2.45) is 0 Å². The van der Waals surface area contributed by atoms with Crippen LogP contribution in [0, 0.1) is 20.8 Å². The van der Waals surface area contributed by atoms with Crippen LogP contribution in [-0.4, -0.2) is 36.8 Å². The van der Waals surface area contributed by atoms with E-state index in [0.29, 0.717) is 0 Å². The molecule has 0 aliphatic carbocycles. The van der Waals surface area contributed by atoms with Crippen molar-refractivity contribution < 1.29 is 4.48 Å². The Morgan fingerprint density at radius 1 is 0.304 bits per heavy atom. The molecule has 0 aliphatic heterocycles. The molecular weight excluding hydrogens is 673 g/mol. The number of hydrogen-bond donors (Lipinski definition) is 0. The molecule has 0 saturated heterocycles. The van der Waals surface area contributed by atoms with Crippen LogP contribution in [0.5, 0.6) is 0 Å². The van der Waals surface area contributed by atoms with E-state index in [9.17, 15) is 0 Å². The zero-order valence-electron chi connectivity index (χ0n) is 38.8. The van der Waals surface area contributed by atoms with Crippen molar-refractivity contribution >= 4 is 22.5 Å². The van der Waals surface area contributed by atoms with Crippen molar-refractivity contribution in [3.8, 4) is 0 Å². The van der Waals surface area contributed by atoms with Gasteiger partial charge in [0.2, 0.25) is 0 Å². The van der Waals surface area contributed by atoms with E-state index in [4.69, 9.17) is 0 Å². The molecule has 0 aromatic heterocycles. The first-order valence-electron chi connectivity index (χ1n) is 24.5. The van der Waals surface area contributed by atoms with Gasteiger partial charge in [-0.2, -0.15) is 6.82 Å². The number of unbranched alkanes of at least 4 members (excludes halogenated alkanes) is 20. The van der Waals surface area contributed by atoms with Crippen LogP contribution in [0.4, 0.5) is 0 Å². The van der Waals surface area contributed by atoms with Crippen LogP contribution in [0.2, 0.25) is 6.82 Å². The van der Waals surface area contributed by atoms with Crippen molar-refractivity contribution in [1.82, 2.24) is 0 Å². The average molecular weight is 766 g/mol. The maximum Gasteiger partial charge on any atom is 0.0787 e. The number of benzene rings is 3. The maximum atomic E-state index is 2.39. The molecule has 0 spiro atoms. The lowest BCUT2D eigenvalue weighted by Crippen LogP contribution is -2.64. The highest BCUT2D eigenvalue weighted by Gasteiger charge is 2.26. The molecule has 0 unspecified atom stereocenters. The minimum atomic E-state index is -0.955. The topological polar surface area (TPSA) is 0 Å². The van der Waals surface area contributed by atoms with Crippen molar-refractivity contribution in [1.29, 1.82) is 0 Å². The van der Waals surface area contributed by atoms with Gasteiger partial charge in [-0.05, 0) is 72.1 Å². The highest BCUT2D eigenvalue weighted by Crippen LogP contribution is 2.21. The highest BCUT2D eigenvalue weighted by molar-refractivity contribution is 7.10. The lowest BCUT2D eigenvalue weighted by Gasteiger charge is -2.40. The second-order valence-corrected chi connectivity index (χ2v) is 18.3. The largest absolute Gasteiger partial charge is 0.324 e. The van der Waals surface area contributed by atoms with E-state index in [1.807, 2.05) is 0 Å². The molecule has 3 aromatic carbocycles. The normalized spacial score (nSPS) is 11.8. The molecule has 0 saturated carbocycles. The summed E-state index contributed by atoms with van der Waals surface area (Å²) >= 11 is 0. The minimum Gasteiger partial charge on any atom is -0.324 e. The zero-order chi connectivity index (χ0) is 40.7. The third-order valence-electron chi connectivity index (χ3n) is 13.2. The van der Waals surface area contributed by atoms with Gasteiger partial charge in [-0.1, -0.05) is 220 Å². The molecule has 0 atom stereocenters. The third kappa shape index (κ3) is 19.9. The number of nitrogens with zero attached hydrogens (tertiary/aromatic N) is 1. The molecule has 0 amide bonds. The molecular formula is C54H92BN. The maximum absolute atomic E-state index is 2.39. The van der Waals surface area contributed by atoms with Crippen LogP contribution in [0.25, 0.3) is 0 Å². The average Bonchev–Trinajstić information content (AvgIpc) is 3.21. The van der Waals surface area contributed by atoms with Crippen LogP contribution >= 0.6 is 0 Å². The van der Waals surface area contributed by atoms with E-state index in [2.05, 4.69) is 128 Å². The van der Waals surface area contributed by atoms with Gasteiger partial charge >= 0.3 is 0 Å². The number of rotatable bonds is 31. The predicted molar refractivity (Wildman–Crippen MR) is 257 cm³/mol. The van der Waals surface area contributed by atoms with E-state index < -0.39 is 6.15 Å². The van der Waals surface area contributed by atoms with Crippen LogP contribution in [-0.2, 0) is 0 Å². The van der Waals surface area contributed by atoms with E-state index >= 15 is 0 Å². The van der Waals surface area contributed by atoms with Gasteiger partial charge in [0, 0.05) is 0 Å². The molecule has 0 heterocycles. The second kappa shape index (κ2) is 30.7. The Bertz CT molecular complexity index is 1140. The van der Waals surface area contributed by atoms with E-state index in [1.165, 1.54) is 218 Å². The molecule has 0 bridgehead atoms. The lowest BCUT2D eigenvalue weighted by molar-refractivity contribution is -0.929. The number of hydrogen-bond acceptors (Lipinski definition) is 0. The summed E-state index contributed by atoms with van der Waals surface area (Å²) in [7, 11) is 0. The fraction of sp³-hybridized carbons (Fsp3) is 0.667. The van der Waals surface area contributed by atoms with Crippen LogP contribution in [0.3, 0.4) is 0 Å². The lowest BCUT2D eigenvalue weighted by atomic mass is 9.17. The van der Waals surface area contributed by atoms with Gasteiger partial charge in [-0.15, -0.1) is 0 Å². The van der Waals surface area contributed by atoms with Crippen LogP contribution in [0.1, 0.15) is 198 Å². The number of aryl methyl sites for hydroxylation is 3. The molecule has 3 aromatic rings. The summed E-state index contributed by atoms with van der Waals surface area (Å²) in [6.07, 6.45) is 33.8. The standard InChI is InChI=1S/C32H68N.C22H24B/c1-5-9-13-17-21-25-29-33(30-26-22-18-14-10-6-2,31-27-23-19-15-11-7-3)32-28-24-20-16-12-8-4;1-17-5-11-20(12-6-17)23(4,21-13-7-18(2)8-14-21)22-15-9-19(3)10-16-22/h5-32H2,1-4H3;5-16H,1-4H3/q+1;-1. The Morgan fingerprint density at radius 3 is 0.714 bits per heavy atom. The molecule has 0 aliphatic rings. The highest BCUT2D eigenvalue weighted by atomic mass is 15.3. The van der Waals surface area contributed by atoms with Gasteiger partial charge in [0.05, 0.1) is 32.3 Å². The molecule has 56 heavy (non-hydrogen) atoms. The summed E-state index contributed by atoms with van der Waals surface area (Å²) in [5.41, 5.74) is 8.09. The molecule has 316 valence electrons. The van der Waals surface area contributed by atoms with Crippen LogP contribution in [0.15, 0.2) is 72.8 Å². The van der Waals surface area contributed by atoms with Gasteiger partial charge in [0.1, 0.15) is 0 Å². The summed E-state index contributed by atoms with van der Waals surface area (Å²) in [5, 5.41) is 0. The second-order valence-electron chi connectivity index (χ2n) is 18.3. The fourth-order valence-electron chi connectivity index (χ4n) is 9.01. The Morgan fingerprint density at radius 2 is 0.500 bits per heavy atom. The van der Waals surface area contributed by atoms with Crippen LogP contribution < -0.4 is 16.4 Å². The van der Waals surface area contributed by atoms with Gasteiger partial charge in [-0.25, -0.2) is 16.4 Å². The Labute approximate surface area is 350 Å². The predicted octanol–water partition coefficient (Wildman–Crippen LogP) is 15.0. The minimum absolute atomic E-state index is 0.955. The van der Waals surface area contributed by atoms with Crippen molar-refractivity contribution in [3.05, 3.63) is 89.5 Å². The van der Waals surface area contributed by atoms with Crippen molar-refractivity contribution in [2.75, 3.05) is 26.2 Å². The first-order chi connectivity index (χ1) is 27.2. The molecule has 0 fully saturated rings. The van der Waals surface area contributed by atoms with Gasteiger partial charge in [0.15, 0.2) is 0 Å². The summed E-state index contributed by atoms with van der Waals surface area (Å²) in [6.45, 7) is 24.1. The quantitative estimate of drug-likeness (QED) is 0.0348. The molecule has 3 rings (SSSR count). The zero-order valence-corrected chi connectivity index (χ0v) is 38.8. The Balaban J connectivity index is 0.000000408. The molecule has 2 heteroatoms. The summed E-state index contributed by atoms with van der Waals surface area (Å²) < 4.78 is 1.48. The van der Waals surface area contributed by atoms with E-state index in [1.54, 1.807) is 0 Å². The summed E-state index contributed by atoms with van der Waals surface area (Å²) in [4.78, 5) is 0. The van der Waals surface area contributed by atoms with Gasteiger partial charge < -0.3 is 4.48 Å². The smallest absolute Gasteiger partial charge is 0.0787 e. The molecule has 0 radical (unpaired) electrons. The van der Waals surface area contributed by atoms with Crippen molar-refractivity contribution in [2.45, 2.75) is 209 Å². The van der Waals surface area contributed by atoms with Gasteiger partial charge in [-0.3, -0.25) is 0 Å². The fourth-order valence-corrected chi connectivity index (χ4v) is 9.01. The third-order valence-corrected chi connectivity index (χ3v) is 13.2. The van der Waals surface area contributed by atoms with E-state index in [0.717, 1.165) is 0 Å². The first-order valence-corrected chi connectivity index (χ1v) is 24.5. The molecule has 0 N–H and O–H groups in total. The Hall–Kier alpha value is -2.32. The van der Waals surface area contributed by atoms with Gasteiger partial charge in [0.25, 0.3) is 0 Å². The SMILES string of the molecule is CCCCCCCC[N+](CCCCCCCC)(CCCCCCCC)CCCCCCCC.Cc1ccc([B-](C)(c2ccc(C)cc2)c2ccc(C)cc2)cc1. The summed E-state index contributed by atoms with van der Waals surface area (Å²) in [5.74, 6) is 0. The number of quaternary nitrogens is 1. The Kier molecular flexibility index (Phi) is 27.3. The van der Waals surface area contributed by atoms with Crippen molar-refractivity contribution in [3.63, 3.8) is 0 Å². The molecule has 1 nitrogen and oxygen atoms in total. The monoisotopic (exact) mass is 766 g/mol. The summed E-state index contributed by atoms with van der Waals surface area (Å²) in [6, 6.07) is 27.0. The van der Waals surface area contributed by atoms with E-state index in [-0.39, 0.29) is 0 Å².